The third-order valence-corrected chi connectivity index (χ3v) is 4.23. The number of halogens is 1. The van der Waals surface area contributed by atoms with Gasteiger partial charge in [-0.15, -0.1) is 0 Å². The quantitative estimate of drug-likeness (QED) is 0.560. The second-order valence-corrected chi connectivity index (χ2v) is 6.62. The monoisotopic (exact) mass is 350 g/mol. The highest BCUT2D eigenvalue weighted by atomic mass is 32.2. The largest absolute Gasteiger partial charge is 0.352 e. The first kappa shape index (κ1) is 17.9. The highest BCUT2D eigenvalue weighted by Gasteiger charge is 2.08. The molecule has 8 heteroatoms. The molecule has 0 aromatic heterocycles. The van der Waals surface area contributed by atoms with E-state index >= 15 is 0 Å². The Bertz CT molecular complexity index is 837. The van der Waals surface area contributed by atoms with Crippen LogP contribution in [-0.2, 0) is 23.1 Å². The van der Waals surface area contributed by atoms with Crippen molar-refractivity contribution in [1.82, 2.24) is 10.6 Å². The molecule has 24 heavy (non-hydrogen) atoms. The SMILES string of the molecule is CN=C(NCc1cccc(S(N)(=O)=O)c1)NCc1ccccc1F. The molecule has 0 bridgehead atoms. The smallest absolute Gasteiger partial charge is 0.238 e. The first-order valence-corrected chi connectivity index (χ1v) is 8.74. The lowest BCUT2D eigenvalue weighted by atomic mass is 10.2. The zero-order valence-corrected chi connectivity index (χ0v) is 14.0. The Balaban J connectivity index is 1.96. The molecule has 0 saturated heterocycles. The fourth-order valence-corrected chi connectivity index (χ4v) is 2.64. The summed E-state index contributed by atoms with van der Waals surface area (Å²) in [7, 11) is -2.14. The molecule has 2 rings (SSSR count). The molecule has 2 aromatic carbocycles. The summed E-state index contributed by atoms with van der Waals surface area (Å²) in [5.41, 5.74) is 1.26. The third kappa shape index (κ3) is 5.04. The van der Waals surface area contributed by atoms with Crippen LogP contribution >= 0.6 is 0 Å². The molecular formula is C16H19FN4O2S. The van der Waals surface area contributed by atoms with Crippen LogP contribution in [0, 0.1) is 5.82 Å². The van der Waals surface area contributed by atoms with Gasteiger partial charge < -0.3 is 10.6 Å². The fourth-order valence-electron chi connectivity index (χ4n) is 2.06. The summed E-state index contributed by atoms with van der Waals surface area (Å²) in [5, 5.41) is 11.1. The van der Waals surface area contributed by atoms with Gasteiger partial charge in [-0.3, -0.25) is 4.99 Å². The second kappa shape index (κ2) is 7.89. The van der Waals surface area contributed by atoms with Crippen LogP contribution in [0.5, 0.6) is 0 Å². The van der Waals surface area contributed by atoms with E-state index in [0.717, 1.165) is 5.56 Å². The van der Waals surface area contributed by atoms with Crippen molar-refractivity contribution in [1.29, 1.82) is 0 Å². The lowest BCUT2D eigenvalue weighted by Gasteiger charge is -2.12. The van der Waals surface area contributed by atoms with Gasteiger partial charge in [-0.2, -0.15) is 0 Å². The van der Waals surface area contributed by atoms with E-state index in [-0.39, 0.29) is 17.3 Å². The molecule has 2 aromatic rings. The summed E-state index contributed by atoms with van der Waals surface area (Å²) >= 11 is 0. The molecule has 0 saturated carbocycles. The number of sulfonamides is 1. The van der Waals surface area contributed by atoms with E-state index < -0.39 is 10.0 Å². The van der Waals surface area contributed by atoms with E-state index in [9.17, 15) is 12.8 Å². The molecule has 0 aliphatic rings. The minimum Gasteiger partial charge on any atom is -0.352 e. The fraction of sp³-hybridized carbons (Fsp3) is 0.188. The lowest BCUT2D eigenvalue weighted by molar-refractivity contribution is 0.597. The zero-order chi connectivity index (χ0) is 17.6. The molecule has 6 nitrogen and oxygen atoms in total. The Kier molecular flexibility index (Phi) is 5.88. The Morgan fingerprint density at radius 1 is 1.12 bits per heavy atom. The number of nitrogens with two attached hydrogens (primary N) is 1. The molecule has 0 aliphatic heterocycles. The number of hydrogen-bond acceptors (Lipinski definition) is 3. The summed E-state index contributed by atoms with van der Waals surface area (Å²) in [6.45, 7) is 0.629. The van der Waals surface area contributed by atoms with Gasteiger partial charge in [0, 0.05) is 25.7 Å². The van der Waals surface area contributed by atoms with Gasteiger partial charge in [0.2, 0.25) is 10.0 Å². The second-order valence-electron chi connectivity index (χ2n) is 5.06. The van der Waals surface area contributed by atoms with E-state index in [1.54, 1.807) is 37.4 Å². The molecule has 0 aliphatic carbocycles. The third-order valence-electron chi connectivity index (χ3n) is 3.31. The van der Waals surface area contributed by atoms with Gasteiger partial charge in [0.25, 0.3) is 0 Å². The number of nitrogens with zero attached hydrogens (tertiary/aromatic N) is 1. The number of guanidine groups is 1. The van der Waals surface area contributed by atoms with Crippen molar-refractivity contribution in [2.45, 2.75) is 18.0 Å². The van der Waals surface area contributed by atoms with Crippen molar-refractivity contribution >= 4 is 16.0 Å². The molecule has 0 radical (unpaired) electrons. The molecule has 0 heterocycles. The van der Waals surface area contributed by atoms with E-state index in [1.165, 1.54) is 18.2 Å². The maximum absolute atomic E-state index is 13.6. The van der Waals surface area contributed by atoms with Crippen LogP contribution in [0.3, 0.4) is 0 Å². The Morgan fingerprint density at radius 2 is 1.83 bits per heavy atom. The molecule has 0 amide bonds. The van der Waals surface area contributed by atoms with Crippen molar-refractivity contribution < 1.29 is 12.8 Å². The number of nitrogens with one attached hydrogen (secondary N) is 2. The highest BCUT2D eigenvalue weighted by molar-refractivity contribution is 7.89. The summed E-state index contributed by atoms with van der Waals surface area (Å²) < 4.78 is 36.3. The number of rotatable bonds is 5. The molecule has 0 spiro atoms. The predicted octanol–water partition coefficient (Wildman–Crippen LogP) is 1.34. The summed E-state index contributed by atoms with van der Waals surface area (Å²) in [6.07, 6.45) is 0. The molecule has 0 atom stereocenters. The van der Waals surface area contributed by atoms with Gasteiger partial charge in [0.1, 0.15) is 5.82 Å². The van der Waals surface area contributed by atoms with Crippen molar-refractivity contribution in [3.63, 3.8) is 0 Å². The van der Waals surface area contributed by atoms with Crippen LogP contribution in [0.4, 0.5) is 4.39 Å². The topological polar surface area (TPSA) is 96.6 Å². The number of aliphatic imine (C=N–C) groups is 1. The molecule has 0 fully saturated rings. The summed E-state index contributed by atoms with van der Waals surface area (Å²) in [6, 6.07) is 12.8. The Morgan fingerprint density at radius 3 is 2.50 bits per heavy atom. The van der Waals surface area contributed by atoms with E-state index in [4.69, 9.17) is 5.14 Å². The standard InChI is InChI=1S/C16H19FN4O2S/c1-19-16(21-11-13-6-2-3-8-15(13)17)20-10-12-5-4-7-14(9-12)24(18,22)23/h2-9H,10-11H2,1H3,(H2,18,22,23)(H2,19,20,21). The normalized spacial score (nSPS) is 12.0. The number of primary sulfonamides is 1. The van der Waals surface area contributed by atoms with Gasteiger partial charge >= 0.3 is 0 Å². The van der Waals surface area contributed by atoms with Crippen LogP contribution in [0.1, 0.15) is 11.1 Å². The van der Waals surface area contributed by atoms with Gasteiger partial charge in [-0.1, -0.05) is 30.3 Å². The van der Waals surface area contributed by atoms with E-state index in [0.29, 0.717) is 18.1 Å². The van der Waals surface area contributed by atoms with Gasteiger partial charge in [-0.25, -0.2) is 17.9 Å². The maximum atomic E-state index is 13.6. The predicted molar refractivity (Wildman–Crippen MR) is 91.3 cm³/mol. The Hall–Kier alpha value is -2.45. The molecule has 4 N–H and O–H groups in total. The summed E-state index contributed by atoms with van der Waals surface area (Å²) in [5.74, 6) is 0.181. The highest BCUT2D eigenvalue weighted by Crippen LogP contribution is 2.09. The van der Waals surface area contributed by atoms with Crippen LogP contribution in [0.25, 0.3) is 0 Å². The minimum atomic E-state index is -3.74. The van der Waals surface area contributed by atoms with Gasteiger partial charge in [0.15, 0.2) is 5.96 Å². The van der Waals surface area contributed by atoms with Crippen LogP contribution < -0.4 is 15.8 Å². The molecular weight excluding hydrogens is 331 g/mol. The van der Waals surface area contributed by atoms with Crippen molar-refractivity contribution in [2.75, 3.05) is 7.05 Å². The number of hydrogen-bond donors (Lipinski definition) is 3. The average Bonchev–Trinajstić information content (AvgIpc) is 2.56. The molecule has 128 valence electrons. The van der Waals surface area contributed by atoms with Crippen LogP contribution in [0.2, 0.25) is 0 Å². The van der Waals surface area contributed by atoms with Gasteiger partial charge in [-0.05, 0) is 23.8 Å². The first-order chi connectivity index (χ1) is 11.4. The van der Waals surface area contributed by atoms with Gasteiger partial charge in [0.05, 0.1) is 4.90 Å². The molecule has 0 unspecified atom stereocenters. The maximum Gasteiger partial charge on any atom is 0.238 e. The number of benzene rings is 2. The summed E-state index contributed by atoms with van der Waals surface area (Å²) in [4.78, 5) is 4.10. The van der Waals surface area contributed by atoms with E-state index in [1.807, 2.05) is 0 Å². The van der Waals surface area contributed by atoms with E-state index in [2.05, 4.69) is 15.6 Å². The van der Waals surface area contributed by atoms with Crippen molar-refractivity contribution in [3.05, 3.63) is 65.5 Å². The zero-order valence-electron chi connectivity index (χ0n) is 13.2. The van der Waals surface area contributed by atoms with Crippen molar-refractivity contribution in [2.24, 2.45) is 10.1 Å². The minimum absolute atomic E-state index is 0.0519. The first-order valence-electron chi connectivity index (χ1n) is 7.20. The lowest BCUT2D eigenvalue weighted by Crippen LogP contribution is -2.36. The Labute approximate surface area is 140 Å². The van der Waals surface area contributed by atoms with Crippen LogP contribution in [-0.4, -0.2) is 21.4 Å². The average molecular weight is 350 g/mol. The van der Waals surface area contributed by atoms with Crippen molar-refractivity contribution in [3.8, 4) is 0 Å². The van der Waals surface area contributed by atoms with Crippen LogP contribution in [0.15, 0.2) is 58.4 Å².